The number of aromatic hydroxyl groups is 1. The minimum Gasteiger partial charge on any atom is -0.508 e. The summed E-state index contributed by atoms with van der Waals surface area (Å²) >= 11 is 0. The van der Waals surface area contributed by atoms with Crippen LogP contribution in [-0.4, -0.2) is 5.11 Å². The fourth-order valence-electron chi connectivity index (χ4n) is 3.07. The molecule has 0 heterocycles. The monoisotopic (exact) mass is 246 g/mol. The van der Waals surface area contributed by atoms with E-state index in [0.717, 1.165) is 6.42 Å². The quantitative estimate of drug-likeness (QED) is 0.776. The maximum Gasteiger partial charge on any atom is 0.119 e. The van der Waals surface area contributed by atoms with Crippen LogP contribution in [0, 0.1) is 5.41 Å². The Balaban J connectivity index is 2.20. The van der Waals surface area contributed by atoms with E-state index >= 15 is 0 Å². The fraction of sp³-hybridized carbons (Fsp3) is 0.647. The van der Waals surface area contributed by atoms with Crippen molar-refractivity contribution < 1.29 is 5.11 Å². The zero-order valence-electron chi connectivity index (χ0n) is 12.0. The van der Waals surface area contributed by atoms with Crippen LogP contribution in [0.25, 0.3) is 0 Å². The normalized spacial score (nSPS) is 17.9. The Morgan fingerprint density at radius 1 is 1.11 bits per heavy atom. The van der Waals surface area contributed by atoms with Crippen LogP contribution in [0.1, 0.15) is 69.9 Å². The molecule has 0 atom stereocenters. The lowest BCUT2D eigenvalue weighted by molar-refractivity contribution is 0.403. The molecule has 0 amide bonds. The molecule has 1 aromatic carbocycles. The van der Waals surface area contributed by atoms with Gasteiger partial charge < -0.3 is 5.11 Å². The fourth-order valence-corrected chi connectivity index (χ4v) is 3.07. The molecule has 0 saturated heterocycles. The van der Waals surface area contributed by atoms with Crippen molar-refractivity contribution >= 4 is 0 Å². The molecule has 0 bridgehead atoms. The third-order valence-corrected chi connectivity index (χ3v) is 3.87. The van der Waals surface area contributed by atoms with Crippen LogP contribution >= 0.6 is 0 Å². The maximum absolute atomic E-state index is 10.1. The van der Waals surface area contributed by atoms with Gasteiger partial charge in [-0.2, -0.15) is 0 Å². The zero-order chi connectivity index (χ0) is 13.2. The second-order valence-electron chi connectivity index (χ2n) is 6.97. The molecule has 100 valence electrons. The number of rotatable bonds is 2. The molecule has 0 unspecified atom stereocenters. The molecule has 2 rings (SSSR count). The summed E-state index contributed by atoms with van der Waals surface area (Å²) in [6.07, 6.45) is 7.55. The highest BCUT2D eigenvalue weighted by Gasteiger charge is 2.20. The lowest BCUT2D eigenvalue weighted by Crippen LogP contribution is -2.10. The topological polar surface area (TPSA) is 20.2 Å². The Bertz CT molecular complexity index is 395. The second-order valence-corrected chi connectivity index (χ2v) is 6.97. The van der Waals surface area contributed by atoms with Crippen LogP contribution in [0.15, 0.2) is 18.2 Å². The largest absolute Gasteiger partial charge is 0.508 e. The molecule has 0 spiro atoms. The van der Waals surface area contributed by atoms with E-state index in [1.807, 2.05) is 6.07 Å². The number of hydrogen-bond donors (Lipinski definition) is 1. The minimum atomic E-state index is 0.306. The van der Waals surface area contributed by atoms with Crippen LogP contribution in [0.2, 0.25) is 0 Å². The summed E-state index contributed by atoms with van der Waals surface area (Å²) in [5.41, 5.74) is 2.86. The number of phenolic OH excluding ortho intramolecular Hbond substituents is 1. The van der Waals surface area contributed by atoms with Crippen molar-refractivity contribution in [2.45, 2.75) is 65.2 Å². The average Bonchev–Trinajstić information content (AvgIpc) is 2.31. The van der Waals surface area contributed by atoms with Crippen LogP contribution in [0.3, 0.4) is 0 Å². The highest BCUT2D eigenvalue weighted by atomic mass is 16.3. The van der Waals surface area contributed by atoms with Crippen molar-refractivity contribution in [2.24, 2.45) is 5.41 Å². The number of phenols is 1. The maximum atomic E-state index is 10.1. The van der Waals surface area contributed by atoms with Gasteiger partial charge in [-0.1, -0.05) is 52.2 Å². The number of benzene rings is 1. The smallest absolute Gasteiger partial charge is 0.119 e. The Morgan fingerprint density at radius 2 is 1.78 bits per heavy atom. The Kier molecular flexibility index (Phi) is 3.99. The summed E-state index contributed by atoms with van der Waals surface area (Å²) in [6, 6.07) is 6.22. The molecule has 0 radical (unpaired) electrons. The van der Waals surface area contributed by atoms with E-state index in [1.165, 1.54) is 43.2 Å². The molecule has 1 fully saturated rings. The molecular formula is C17H26O. The predicted octanol–water partition coefficient (Wildman–Crippen LogP) is 5.03. The second kappa shape index (κ2) is 5.34. The molecule has 1 aliphatic carbocycles. The summed E-state index contributed by atoms with van der Waals surface area (Å²) in [5, 5.41) is 10.1. The highest BCUT2D eigenvalue weighted by molar-refractivity contribution is 5.39. The predicted molar refractivity (Wildman–Crippen MR) is 77.1 cm³/mol. The lowest BCUT2D eigenvalue weighted by atomic mass is 9.81. The molecule has 1 saturated carbocycles. The van der Waals surface area contributed by atoms with Crippen LogP contribution in [0.4, 0.5) is 0 Å². The molecule has 1 nitrogen and oxygen atoms in total. The van der Waals surface area contributed by atoms with Crippen molar-refractivity contribution in [1.82, 2.24) is 0 Å². The zero-order valence-corrected chi connectivity index (χ0v) is 12.0. The van der Waals surface area contributed by atoms with Crippen LogP contribution in [0.5, 0.6) is 5.75 Å². The van der Waals surface area contributed by atoms with Crippen molar-refractivity contribution in [3.63, 3.8) is 0 Å². The molecule has 1 aliphatic rings. The van der Waals surface area contributed by atoms with E-state index in [0.29, 0.717) is 17.1 Å². The SMILES string of the molecule is CC(C)(C)Cc1ccc(O)c(C2CCCCC2)c1. The molecule has 18 heavy (non-hydrogen) atoms. The van der Waals surface area contributed by atoms with Gasteiger partial charge >= 0.3 is 0 Å². The Labute approximate surface area is 111 Å². The van der Waals surface area contributed by atoms with Gasteiger partial charge in [-0.3, -0.25) is 0 Å². The van der Waals surface area contributed by atoms with Gasteiger partial charge in [0.1, 0.15) is 5.75 Å². The Hall–Kier alpha value is -0.980. The molecule has 0 aromatic heterocycles. The molecule has 1 heteroatoms. The van der Waals surface area contributed by atoms with E-state index in [-0.39, 0.29) is 0 Å². The first kappa shape index (κ1) is 13.5. The van der Waals surface area contributed by atoms with E-state index in [9.17, 15) is 5.11 Å². The third kappa shape index (κ3) is 3.51. The van der Waals surface area contributed by atoms with Crippen molar-refractivity contribution in [2.75, 3.05) is 0 Å². The summed E-state index contributed by atoms with van der Waals surface area (Å²) in [5.74, 6) is 1.08. The van der Waals surface area contributed by atoms with Gasteiger partial charge in [0.15, 0.2) is 0 Å². The van der Waals surface area contributed by atoms with E-state index in [2.05, 4.69) is 32.9 Å². The molecule has 1 aromatic rings. The molecule has 0 aliphatic heterocycles. The number of hydrogen-bond acceptors (Lipinski definition) is 1. The summed E-state index contributed by atoms with van der Waals surface area (Å²) in [7, 11) is 0. The van der Waals surface area contributed by atoms with E-state index in [4.69, 9.17) is 0 Å². The summed E-state index contributed by atoms with van der Waals surface area (Å²) in [4.78, 5) is 0. The van der Waals surface area contributed by atoms with Crippen molar-refractivity contribution in [3.05, 3.63) is 29.3 Å². The molecular weight excluding hydrogens is 220 g/mol. The Morgan fingerprint density at radius 3 is 2.39 bits per heavy atom. The van der Waals surface area contributed by atoms with Gasteiger partial charge in [0.2, 0.25) is 0 Å². The van der Waals surface area contributed by atoms with E-state index < -0.39 is 0 Å². The van der Waals surface area contributed by atoms with Crippen molar-refractivity contribution in [1.29, 1.82) is 0 Å². The lowest BCUT2D eigenvalue weighted by Gasteiger charge is -2.24. The van der Waals surface area contributed by atoms with Crippen LogP contribution < -0.4 is 0 Å². The van der Waals surface area contributed by atoms with Crippen LogP contribution in [-0.2, 0) is 6.42 Å². The van der Waals surface area contributed by atoms with Gasteiger partial charge in [0, 0.05) is 0 Å². The van der Waals surface area contributed by atoms with Crippen molar-refractivity contribution in [3.8, 4) is 5.75 Å². The van der Waals surface area contributed by atoms with Gasteiger partial charge in [-0.15, -0.1) is 0 Å². The molecule has 1 N–H and O–H groups in total. The standard InChI is InChI=1S/C17H26O/c1-17(2,3)12-13-9-10-16(18)15(11-13)14-7-5-4-6-8-14/h9-11,14,18H,4-8,12H2,1-3H3. The van der Waals surface area contributed by atoms with Gasteiger partial charge in [-0.05, 0) is 47.8 Å². The first-order valence-corrected chi connectivity index (χ1v) is 7.27. The van der Waals surface area contributed by atoms with Gasteiger partial charge in [0.25, 0.3) is 0 Å². The first-order valence-electron chi connectivity index (χ1n) is 7.27. The highest BCUT2D eigenvalue weighted by Crippen LogP contribution is 2.38. The first-order chi connectivity index (χ1) is 8.46. The third-order valence-electron chi connectivity index (χ3n) is 3.87. The summed E-state index contributed by atoms with van der Waals surface area (Å²) < 4.78 is 0. The summed E-state index contributed by atoms with van der Waals surface area (Å²) in [6.45, 7) is 6.79. The van der Waals surface area contributed by atoms with Gasteiger partial charge in [0.05, 0.1) is 0 Å². The van der Waals surface area contributed by atoms with E-state index in [1.54, 1.807) is 0 Å². The average molecular weight is 246 g/mol. The van der Waals surface area contributed by atoms with Gasteiger partial charge in [-0.25, -0.2) is 0 Å². The minimum absolute atomic E-state index is 0.306.